The Kier molecular flexibility index (Phi) is 4.80. The lowest BCUT2D eigenvalue weighted by Crippen LogP contribution is -2.26. The van der Waals surface area contributed by atoms with Gasteiger partial charge < -0.3 is 10.6 Å². The summed E-state index contributed by atoms with van der Waals surface area (Å²) < 4.78 is 1.02. The first-order valence-corrected chi connectivity index (χ1v) is 6.05. The standard InChI is InChI=1S/C12H17BrN2O/c1-8-4-5-11(10(13)6-8)15-9(2)7-12(16)14-3/h4-6,9,15H,7H2,1-3H3,(H,14,16). The van der Waals surface area contributed by atoms with Gasteiger partial charge in [-0.2, -0.15) is 0 Å². The highest BCUT2D eigenvalue weighted by molar-refractivity contribution is 9.10. The molecule has 88 valence electrons. The Morgan fingerprint density at radius 2 is 2.19 bits per heavy atom. The van der Waals surface area contributed by atoms with Crippen LogP contribution in [-0.4, -0.2) is 19.0 Å². The largest absolute Gasteiger partial charge is 0.381 e. The first kappa shape index (κ1) is 13.0. The minimum atomic E-state index is 0.0447. The first-order chi connectivity index (χ1) is 7.52. The molecular weight excluding hydrogens is 268 g/mol. The maximum absolute atomic E-state index is 11.2. The molecule has 0 radical (unpaired) electrons. The van der Waals surface area contributed by atoms with Crippen LogP contribution in [0.25, 0.3) is 0 Å². The van der Waals surface area contributed by atoms with Crippen LogP contribution in [0, 0.1) is 6.92 Å². The van der Waals surface area contributed by atoms with Crippen LogP contribution in [0.5, 0.6) is 0 Å². The van der Waals surface area contributed by atoms with Crippen molar-refractivity contribution < 1.29 is 4.79 Å². The highest BCUT2D eigenvalue weighted by Gasteiger charge is 2.08. The SMILES string of the molecule is CNC(=O)CC(C)Nc1ccc(C)cc1Br. The van der Waals surface area contributed by atoms with Gasteiger partial charge in [0.1, 0.15) is 0 Å². The molecule has 1 aromatic carbocycles. The van der Waals surface area contributed by atoms with Crippen molar-refractivity contribution in [3.63, 3.8) is 0 Å². The smallest absolute Gasteiger partial charge is 0.221 e. The van der Waals surface area contributed by atoms with Crippen LogP contribution >= 0.6 is 15.9 Å². The van der Waals surface area contributed by atoms with E-state index in [-0.39, 0.29) is 11.9 Å². The summed E-state index contributed by atoms with van der Waals surface area (Å²) in [6.45, 7) is 4.03. The van der Waals surface area contributed by atoms with Crippen LogP contribution in [0.3, 0.4) is 0 Å². The van der Waals surface area contributed by atoms with E-state index in [4.69, 9.17) is 0 Å². The second-order valence-electron chi connectivity index (χ2n) is 3.91. The summed E-state index contributed by atoms with van der Waals surface area (Å²) >= 11 is 3.50. The lowest BCUT2D eigenvalue weighted by molar-refractivity contribution is -0.120. The number of halogens is 1. The molecule has 0 bridgehead atoms. The molecule has 0 heterocycles. The van der Waals surface area contributed by atoms with Crippen molar-refractivity contribution in [3.8, 4) is 0 Å². The van der Waals surface area contributed by atoms with E-state index in [9.17, 15) is 4.79 Å². The average molecular weight is 285 g/mol. The fraction of sp³-hybridized carbons (Fsp3) is 0.417. The number of amides is 1. The van der Waals surface area contributed by atoms with Gasteiger partial charge in [0.2, 0.25) is 5.91 Å². The number of hydrogen-bond acceptors (Lipinski definition) is 2. The van der Waals surface area contributed by atoms with Gasteiger partial charge in [-0.05, 0) is 47.5 Å². The molecule has 0 aliphatic heterocycles. The quantitative estimate of drug-likeness (QED) is 0.893. The Bertz CT molecular complexity index is 379. The van der Waals surface area contributed by atoms with Gasteiger partial charge in [0, 0.05) is 29.7 Å². The van der Waals surface area contributed by atoms with E-state index in [1.54, 1.807) is 7.05 Å². The van der Waals surface area contributed by atoms with Gasteiger partial charge in [0.15, 0.2) is 0 Å². The van der Waals surface area contributed by atoms with E-state index in [0.29, 0.717) is 6.42 Å². The molecule has 1 rings (SSSR count). The second kappa shape index (κ2) is 5.89. The fourth-order valence-electron chi connectivity index (χ4n) is 1.43. The number of hydrogen-bond donors (Lipinski definition) is 2. The van der Waals surface area contributed by atoms with Crippen LogP contribution in [0.15, 0.2) is 22.7 Å². The van der Waals surface area contributed by atoms with Crippen molar-refractivity contribution in [3.05, 3.63) is 28.2 Å². The summed E-state index contributed by atoms with van der Waals surface area (Å²) in [6, 6.07) is 6.22. The molecule has 1 aromatic rings. The van der Waals surface area contributed by atoms with E-state index in [0.717, 1.165) is 10.2 Å². The minimum absolute atomic E-state index is 0.0447. The lowest BCUT2D eigenvalue weighted by atomic mass is 10.2. The van der Waals surface area contributed by atoms with Gasteiger partial charge >= 0.3 is 0 Å². The summed E-state index contributed by atoms with van der Waals surface area (Å²) in [5.41, 5.74) is 2.22. The maximum Gasteiger partial charge on any atom is 0.221 e. The summed E-state index contributed by atoms with van der Waals surface area (Å²) in [5.74, 6) is 0.0447. The third kappa shape index (κ3) is 3.85. The second-order valence-corrected chi connectivity index (χ2v) is 4.76. The molecule has 1 amide bonds. The summed E-state index contributed by atoms with van der Waals surface area (Å²) in [7, 11) is 1.65. The average Bonchev–Trinajstić information content (AvgIpc) is 2.22. The molecule has 0 aromatic heterocycles. The zero-order valence-corrected chi connectivity index (χ0v) is 11.4. The predicted molar refractivity (Wildman–Crippen MR) is 70.6 cm³/mol. The number of benzene rings is 1. The Morgan fingerprint density at radius 3 is 2.75 bits per heavy atom. The molecule has 2 N–H and O–H groups in total. The van der Waals surface area contributed by atoms with Gasteiger partial charge in [-0.25, -0.2) is 0 Å². The highest BCUT2D eigenvalue weighted by atomic mass is 79.9. The van der Waals surface area contributed by atoms with Crippen LogP contribution in [0.2, 0.25) is 0 Å². The molecule has 0 saturated heterocycles. The van der Waals surface area contributed by atoms with Crippen molar-refractivity contribution in [1.82, 2.24) is 5.32 Å². The van der Waals surface area contributed by atoms with Gasteiger partial charge in [-0.1, -0.05) is 6.07 Å². The van der Waals surface area contributed by atoms with Crippen LogP contribution in [-0.2, 0) is 4.79 Å². The van der Waals surface area contributed by atoms with E-state index in [2.05, 4.69) is 32.6 Å². The number of carbonyl (C=O) groups excluding carboxylic acids is 1. The molecule has 16 heavy (non-hydrogen) atoms. The van der Waals surface area contributed by atoms with Crippen molar-refractivity contribution in [2.45, 2.75) is 26.3 Å². The minimum Gasteiger partial charge on any atom is -0.381 e. The summed E-state index contributed by atoms with van der Waals surface area (Å²) in [6.07, 6.45) is 0.469. The molecule has 4 heteroatoms. The monoisotopic (exact) mass is 284 g/mol. The van der Waals surface area contributed by atoms with Crippen LogP contribution in [0.1, 0.15) is 18.9 Å². The van der Waals surface area contributed by atoms with Crippen LogP contribution < -0.4 is 10.6 Å². The molecule has 0 spiro atoms. The lowest BCUT2D eigenvalue weighted by Gasteiger charge is -2.15. The van der Waals surface area contributed by atoms with Crippen molar-refractivity contribution >= 4 is 27.5 Å². The molecule has 0 saturated carbocycles. The number of anilines is 1. The van der Waals surface area contributed by atoms with E-state index >= 15 is 0 Å². The molecule has 0 aliphatic carbocycles. The predicted octanol–water partition coefficient (Wildman–Crippen LogP) is 2.69. The fourth-order valence-corrected chi connectivity index (χ4v) is 2.04. The zero-order valence-electron chi connectivity index (χ0n) is 9.80. The molecule has 1 unspecified atom stereocenters. The molecular formula is C12H17BrN2O. The maximum atomic E-state index is 11.2. The Hall–Kier alpha value is -1.03. The van der Waals surface area contributed by atoms with Gasteiger partial charge in [0.05, 0.1) is 0 Å². The van der Waals surface area contributed by atoms with Gasteiger partial charge in [-0.3, -0.25) is 4.79 Å². The molecule has 0 fully saturated rings. The number of rotatable bonds is 4. The zero-order chi connectivity index (χ0) is 12.1. The first-order valence-electron chi connectivity index (χ1n) is 5.26. The highest BCUT2D eigenvalue weighted by Crippen LogP contribution is 2.24. The molecule has 1 atom stereocenters. The Balaban J connectivity index is 2.62. The number of aryl methyl sites for hydroxylation is 1. The normalized spacial score (nSPS) is 12.0. The van der Waals surface area contributed by atoms with Crippen LogP contribution in [0.4, 0.5) is 5.69 Å². The summed E-state index contributed by atoms with van der Waals surface area (Å²) in [5, 5.41) is 5.91. The Labute approximate surface area is 105 Å². The topological polar surface area (TPSA) is 41.1 Å². The van der Waals surface area contributed by atoms with Crippen molar-refractivity contribution in [2.24, 2.45) is 0 Å². The van der Waals surface area contributed by atoms with Crippen molar-refractivity contribution in [2.75, 3.05) is 12.4 Å². The third-order valence-electron chi connectivity index (χ3n) is 2.30. The van der Waals surface area contributed by atoms with E-state index in [1.165, 1.54) is 5.56 Å². The van der Waals surface area contributed by atoms with E-state index < -0.39 is 0 Å². The molecule has 0 aliphatic rings. The van der Waals surface area contributed by atoms with Gasteiger partial charge in [-0.15, -0.1) is 0 Å². The number of nitrogens with one attached hydrogen (secondary N) is 2. The number of carbonyl (C=O) groups is 1. The molecule has 3 nitrogen and oxygen atoms in total. The van der Waals surface area contributed by atoms with E-state index in [1.807, 2.05) is 26.0 Å². The Morgan fingerprint density at radius 1 is 1.50 bits per heavy atom. The van der Waals surface area contributed by atoms with Crippen molar-refractivity contribution in [1.29, 1.82) is 0 Å². The summed E-state index contributed by atoms with van der Waals surface area (Å²) in [4.78, 5) is 11.2. The van der Waals surface area contributed by atoms with Gasteiger partial charge in [0.25, 0.3) is 0 Å². The third-order valence-corrected chi connectivity index (χ3v) is 2.95.